The lowest BCUT2D eigenvalue weighted by Gasteiger charge is -2.40. The number of nitrogens with one attached hydrogen (secondary N) is 2. The first-order chi connectivity index (χ1) is 19.7. The summed E-state index contributed by atoms with van der Waals surface area (Å²) in [5.41, 5.74) is 0.375. The van der Waals surface area contributed by atoms with E-state index in [1.807, 2.05) is 36.1 Å². The number of aryl methyl sites for hydroxylation is 1. The number of anilines is 1. The summed E-state index contributed by atoms with van der Waals surface area (Å²) in [6.45, 7) is 6.39. The van der Waals surface area contributed by atoms with Gasteiger partial charge in [0.05, 0.1) is 17.9 Å². The Morgan fingerprint density at radius 1 is 1.00 bits per heavy atom. The molecule has 1 aromatic rings. The Morgan fingerprint density at radius 3 is 2.46 bits per heavy atom. The molecule has 2 aliphatic carbocycles. The minimum Gasteiger partial charge on any atom is -0.359 e. The molecule has 0 aromatic heterocycles. The quantitative estimate of drug-likeness (QED) is 0.431. The zero-order valence-corrected chi connectivity index (χ0v) is 25.3. The van der Waals surface area contributed by atoms with Crippen molar-refractivity contribution in [1.82, 2.24) is 10.2 Å². The zero-order chi connectivity index (χ0) is 28.9. The predicted octanol–water partition coefficient (Wildman–Crippen LogP) is 5.79. The van der Waals surface area contributed by atoms with Crippen molar-refractivity contribution < 1.29 is 19.1 Å². The number of hydrogen-bond donors (Lipinski definition) is 2. The van der Waals surface area contributed by atoms with Gasteiger partial charge in [-0.15, -0.1) is 0 Å². The summed E-state index contributed by atoms with van der Waals surface area (Å²) in [6, 6.07) is 4.68. The number of hydrogen-bond acceptors (Lipinski definition) is 4. The Balaban J connectivity index is 1.32. The first-order valence-electron chi connectivity index (χ1n) is 15.8. The van der Waals surface area contributed by atoms with Gasteiger partial charge in [-0.3, -0.25) is 14.4 Å². The third-order valence-electron chi connectivity index (χ3n) is 10.8. The second kappa shape index (κ2) is 11.4. The van der Waals surface area contributed by atoms with Gasteiger partial charge in [-0.25, -0.2) is 0 Å². The van der Waals surface area contributed by atoms with Crippen molar-refractivity contribution in [1.29, 1.82) is 0 Å². The highest BCUT2D eigenvalue weighted by Crippen LogP contribution is 2.56. The van der Waals surface area contributed by atoms with E-state index in [0.29, 0.717) is 22.5 Å². The van der Waals surface area contributed by atoms with E-state index >= 15 is 0 Å². The summed E-state index contributed by atoms with van der Waals surface area (Å²) in [4.78, 5) is 44.5. The Kier molecular flexibility index (Phi) is 7.96. The molecule has 3 heterocycles. The molecule has 0 radical (unpaired) electrons. The molecular formula is C33H44ClN3O4. The van der Waals surface area contributed by atoms with Crippen LogP contribution in [-0.2, 0) is 19.1 Å². The van der Waals surface area contributed by atoms with E-state index in [4.69, 9.17) is 16.3 Å². The van der Waals surface area contributed by atoms with Crippen LogP contribution in [0.1, 0.15) is 83.6 Å². The van der Waals surface area contributed by atoms with E-state index in [1.54, 1.807) is 6.07 Å². The van der Waals surface area contributed by atoms with Crippen LogP contribution in [-0.4, -0.2) is 52.5 Å². The Bertz CT molecular complexity index is 1230. The number of likely N-dealkylation sites (tertiary alicyclic amines) is 1. The van der Waals surface area contributed by atoms with Crippen molar-refractivity contribution in [3.63, 3.8) is 0 Å². The van der Waals surface area contributed by atoms with Crippen molar-refractivity contribution >= 4 is 35.0 Å². The number of benzene rings is 1. The standard InChI is InChI=1S/C33H44ClN3O4/c1-19-10-9-13-25(21(19)3)36-31(39)29-33-17-16-26(41-33)27(30(38)35-22-15-14-20(2)24(34)18-22)28(33)32(40)37(29)23-11-7-5-4-6-8-12-23/h14-19,21,23,25-29H,4-13H2,1-3H3,(H,35,38)(H,36,39)/t19-,21-,25+,26-,27+,28-,29-,33-/m0/s1. The second-order valence-corrected chi connectivity index (χ2v) is 13.7. The highest BCUT2D eigenvalue weighted by atomic mass is 35.5. The smallest absolute Gasteiger partial charge is 0.246 e. The van der Waals surface area contributed by atoms with Crippen LogP contribution in [0.5, 0.6) is 0 Å². The Morgan fingerprint density at radius 2 is 1.73 bits per heavy atom. The van der Waals surface area contributed by atoms with Crippen LogP contribution >= 0.6 is 11.6 Å². The molecule has 3 amide bonds. The van der Waals surface area contributed by atoms with Gasteiger partial charge in [0.2, 0.25) is 17.7 Å². The van der Waals surface area contributed by atoms with Gasteiger partial charge >= 0.3 is 0 Å². The van der Waals surface area contributed by atoms with E-state index in [2.05, 4.69) is 24.5 Å². The number of amides is 3. The average Bonchev–Trinajstić information content (AvgIpc) is 3.56. The topological polar surface area (TPSA) is 87.7 Å². The molecule has 1 aromatic carbocycles. The second-order valence-electron chi connectivity index (χ2n) is 13.3. The third-order valence-corrected chi connectivity index (χ3v) is 11.2. The third kappa shape index (κ3) is 5.01. The van der Waals surface area contributed by atoms with Crippen LogP contribution in [0.2, 0.25) is 5.02 Å². The molecule has 222 valence electrons. The fourth-order valence-electron chi connectivity index (χ4n) is 8.26. The molecule has 7 nitrogen and oxygen atoms in total. The summed E-state index contributed by atoms with van der Waals surface area (Å²) in [5, 5.41) is 6.94. The number of carbonyl (C=O) groups is 3. The molecule has 2 bridgehead atoms. The van der Waals surface area contributed by atoms with E-state index in [0.717, 1.165) is 56.9 Å². The maximum Gasteiger partial charge on any atom is 0.246 e. The summed E-state index contributed by atoms with van der Waals surface area (Å²) in [6.07, 6.45) is 13.8. The normalized spacial score (nSPS) is 37.0. The first-order valence-corrected chi connectivity index (χ1v) is 16.2. The van der Waals surface area contributed by atoms with Crippen molar-refractivity contribution in [2.75, 3.05) is 5.32 Å². The van der Waals surface area contributed by atoms with E-state index in [-0.39, 0.29) is 29.8 Å². The van der Waals surface area contributed by atoms with E-state index < -0.39 is 29.6 Å². The molecule has 4 fully saturated rings. The highest BCUT2D eigenvalue weighted by molar-refractivity contribution is 6.31. The Labute approximate surface area is 248 Å². The molecule has 2 N–H and O–H groups in total. The molecule has 2 saturated heterocycles. The number of halogens is 1. The number of fused-ring (bicyclic) bond motifs is 1. The van der Waals surface area contributed by atoms with Gasteiger partial charge in [-0.2, -0.15) is 0 Å². The molecule has 8 atom stereocenters. The lowest BCUT2D eigenvalue weighted by Crippen LogP contribution is -2.59. The number of nitrogens with zero attached hydrogens (tertiary/aromatic N) is 1. The lowest BCUT2D eigenvalue weighted by atomic mass is 9.73. The van der Waals surface area contributed by atoms with Gasteiger partial charge < -0.3 is 20.3 Å². The van der Waals surface area contributed by atoms with Crippen molar-refractivity contribution in [3.8, 4) is 0 Å². The van der Waals surface area contributed by atoms with Gasteiger partial charge in [0.1, 0.15) is 11.6 Å². The molecule has 8 heteroatoms. The van der Waals surface area contributed by atoms with Crippen LogP contribution in [0.25, 0.3) is 0 Å². The van der Waals surface area contributed by atoms with Crippen LogP contribution in [0.15, 0.2) is 30.4 Å². The molecule has 3 aliphatic heterocycles. The maximum absolute atomic E-state index is 14.5. The molecule has 0 unspecified atom stereocenters. The summed E-state index contributed by atoms with van der Waals surface area (Å²) in [7, 11) is 0. The molecule has 6 rings (SSSR count). The minimum absolute atomic E-state index is 0.0307. The number of carbonyl (C=O) groups excluding carboxylic acids is 3. The van der Waals surface area contributed by atoms with Gasteiger partial charge in [0.15, 0.2) is 0 Å². The molecule has 2 saturated carbocycles. The monoisotopic (exact) mass is 581 g/mol. The Hall–Kier alpha value is -2.38. The highest BCUT2D eigenvalue weighted by Gasteiger charge is 2.73. The predicted molar refractivity (Wildman–Crippen MR) is 159 cm³/mol. The summed E-state index contributed by atoms with van der Waals surface area (Å²) < 4.78 is 6.60. The largest absolute Gasteiger partial charge is 0.359 e. The molecule has 1 spiro atoms. The van der Waals surface area contributed by atoms with Gasteiger partial charge in [0.25, 0.3) is 0 Å². The summed E-state index contributed by atoms with van der Waals surface area (Å²) in [5.74, 6) is -1.07. The fourth-order valence-corrected chi connectivity index (χ4v) is 8.44. The summed E-state index contributed by atoms with van der Waals surface area (Å²) >= 11 is 6.32. The van der Waals surface area contributed by atoms with Crippen molar-refractivity contribution in [3.05, 3.63) is 40.9 Å². The van der Waals surface area contributed by atoms with Gasteiger partial charge in [0, 0.05) is 22.8 Å². The van der Waals surface area contributed by atoms with Gasteiger partial charge in [-0.1, -0.05) is 88.6 Å². The fraction of sp³-hybridized carbons (Fsp3) is 0.667. The number of rotatable bonds is 5. The molecule has 41 heavy (non-hydrogen) atoms. The van der Waals surface area contributed by atoms with Crippen LogP contribution in [0.4, 0.5) is 5.69 Å². The van der Waals surface area contributed by atoms with E-state index in [9.17, 15) is 14.4 Å². The van der Waals surface area contributed by atoms with Crippen molar-refractivity contribution in [2.45, 2.75) is 115 Å². The molecule has 5 aliphatic rings. The maximum atomic E-state index is 14.5. The first kappa shape index (κ1) is 28.7. The lowest BCUT2D eigenvalue weighted by molar-refractivity contribution is -0.144. The van der Waals surface area contributed by atoms with E-state index in [1.165, 1.54) is 12.8 Å². The van der Waals surface area contributed by atoms with Gasteiger partial charge in [-0.05, 0) is 55.7 Å². The van der Waals surface area contributed by atoms with Crippen LogP contribution in [0, 0.1) is 30.6 Å². The average molecular weight is 582 g/mol. The van der Waals surface area contributed by atoms with Crippen LogP contribution < -0.4 is 10.6 Å². The van der Waals surface area contributed by atoms with Crippen molar-refractivity contribution in [2.24, 2.45) is 23.7 Å². The number of ether oxygens (including phenoxy) is 1. The van der Waals surface area contributed by atoms with Crippen LogP contribution in [0.3, 0.4) is 0 Å². The minimum atomic E-state index is -1.13. The SMILES string of the molecule is Cc1ccc(NC(=O)[C@@H]2[C@@H]3C=C[C@]4(O3)[C@@H]2C(=O)N(C2CCCCCCC2)[C@H]4C(=O)N[C@@H]2CCC[C@H](C)[C@@H]2C)cc1Cl. The molecular weight excluding hydrogens is 538 g/mol. The zero-order valence-electron chi connectivity index (χ0n) is 24.5.